The molecule has 4 rings (SSSR count). The number of piperidine rings is 2. The molecule has 0 amide bonds. The van der Waals surface area contributed by atoms with Crippen LogP contribution >= 0.6 is 0 Å². The lowest BCUT2D eigenvalue weighted by molar-refractivity contribution is 0.0784. The van der Waals surface area contributed by atoms with Gasteiger partial charge in [0.2, 0.25) is 5.90 Å². The molecule has 2 N–H and O–H groups in total. The van der Waals surface area contributed by atoms with Crippen molar-refractivity contribution in [2.45, 2.75) is 63.1 Å². The fraction of sp³-hybridized carbons (Fsp3) is 0.481. The van der Waals surface area contributed by atoms with Crippen LogP contribution in [0.2, 0.25) is 0 Å². The molecule has 10 heteroatoms. The maximum absolute atomic E-state index is 15.2. The van der Waals surface area contributed by atoms with Crippen LogP contribution in [-0.4, -0.2) is 66.2 Å². The number of phenols is 1. The number of ether oxygens (including phenoxy) is 1. The molecule has 0 spiro atoms. The van der Waals surface area contributed by atoms with Crippen molar-refractivity contribution in [1.82, 2.24) is 15.5 Å². The Morgan fingerprint density at radius 2 is 1.89 bits per heavy atom. The second-order valence-corrected chi connectivity index (χ2v) is 10.4. The number of halogens is 2. The van der Waals surface area contributed by atoms with Crippen molar-refractivity contribution in [2.75, 3.05) is 26.1 Å². The summed E-state index contributed by atoms with van der Waals surface area (Å²) < 4.78 is 35.3. The van der Waals surface area contributed by atoms with Crippen LogP contribution in [0.4, 0.5) is 14.6 Å². The number of nitrogens with zero attached hydrogens (tertiary/aromatic N) is 5. The predicted octanol–water partition coefficient (Wildman–Crippen LogP) is 4.73. The van der Waals surface area contributed by atoms with Gasteiger partial charge in [-0.3, -0.25) is 9.98 Å². The van der Waals surface area contributed by atoms with E-state index in [4.69, 9.17) is 4.74 Å². The summed E-state index contributed by atoms with van der Waals surface area (Å²) in [6.45, 7) is 7.95. The molecular weight excluding hydrogens is 478 g/mol. The Balaban J connectivity index is 1.62. The smallest absolute Gasteiger partial charge is 0.210 e. The van der Waals surface area contributed by atoms with Crippen LogP contribution < -0.4 is 10.2 Å². The standard InChI is InChI=1S/C27H34F2N6O2/c1-26-10-7-11-27(2,34-26)15-16(14-26)35(5)21-9-8-18(32-33-21)23-20(36)12-17(24(28)25(23)29)19(30-3)13-22(31-4)37-6/h8-9,12-13,16,34,36H,3,7,10-11,14-15H2,1-2,4-6H3/b19-13-,31-22?/t16?,26-,27+. The van der Waals surface area contributed by atoms with Gasteiger partial charge in [0, 0.05) is 42.9 Å². The molecule has 2 aromatic rings. The molecule has 2 bridgehead atoms. The number of hydrogen-bond donors (Lipinski definition) is 2. The minimum atomic E-state index is -1.26. The molecule has 37 heavy (non-hydrogen) atoms. The summed E-state index contributed by atoms with van der Waals surface area (Å²) in [5.41, 5.74) is -0.534. The third-order valence-electron chi connectivity index (χ3n) is 7.57. The summed E-state index contributed by atoms with van der Waals surface area (Å²) in [5.74, 6) is -2.21. The van der Waals surface area contributed by atoms with E-state index >= 15 is 8.78 Å². The quantitative estimate of drug-likeness (QED) is 0.429. The molecule has 2 saturated heterocycles. The number of rotatable bonds is 6. The highest BCUT2D eigenvalue weighted by Crippen LogP contribution is 2.42. The fourth-order valence-electron chi connectivity index (χ4n) is 5.83. The monoisotopic (exact) mass is 512 g/mol. The van der Waals surface area contributed by atoms with E-state index in [1.807, 2.05) is 7.05 Å². The molecule has 1 unspecified atom stereocenters. The molecule has 198 valence electrons. The zero-order valence-corrected chi connectivity index (χ0v) is 22.0. The van der Waals surface area contributed by atoms with Gasteiger partial charge >= 0.3 is 0 Å². The van der Waals surface area contributed by atoms with E-state index in [1.54, 1.807) is 6.07 Å². The van der Waals surface area contributed by atoms with Gasteiger partial charge in [-0.15, -0.1) is 10.2 Å². The van der Waals surface area contributed by atoms with Crippen LogP contribution in [0.1, 0.15) is 51.5 Å². The van der Waals surface area contributed by atoms with Crippen LogP contribution in [0, 0.1) is 11.6 Å². The highest BCUT2D eigenvalue weighted by molar-refractivity contribution is 5.96. The number of aromatic nitrogens is 2. The van der Waals surface area contributed by atoms with Crippen molar-refractivity contribution in [2.24, 2.45) is 9.98 Å². The van der Waals surface area contributed by atoms with E-state index in [-0.39, 0.29) is 45.5 Å². The van der Waals surface area contributed by atoms with Crippen molar-refractivity contribution in [3.63, 3.8) is 0 Å². The van der Waals surface area contributed by atoms with Crippen molar-refractivity contribution < 1.29 is 18.6 Å². The van der Waals surface area contributed by atoms with Gasteiger partial charge in [0.05, 0.1) is 24.1 Å². The van der Waals surface area contributed by atoms with Gasteiger partial charge < -0.3 is 20.1 Å². The number of aromatic hydroxyl groups is 1. The third kappa shape index (κ3) is 5.20. The average Bonchev–Trinajstić information content (AvgIpc) is 2.86. The second-order valence-electron chi connectivity index (χ2n) is 10.4. The Morgan fingerprint density at radius 1 is 1.22 bits per heavy atom. The number of methoxy groups -OCH3 is 1. The lowest BCUT2D eigenvalue weighted by Gasteiger charge is -2.55. The zero-order valence-electron chi connectivity index (χ0n) is 22.0. The Morgan fingerprint density at radius 3 is 2.43 bits per heavy atom. The number of hydrogen-bond acceptors (Lipinski definition) is 8. The lowest BCUT2D eigenvalue weighted by atomic mass is 9.69. The first-order chi connectivity index (χ1) is 17.5. The van der Waals surface area contributed by atoms with Crippen LogP contribution in [0.3, 0.4) is 0 Å². The maximum Gasteiger partial charge on any atom is 0.210 e. The molecule has 2 aliphatic rings. The summed E-state index contributed by atoms with van der Waals surface area (Å²) in [4.78, 5) is 9.71. The molecule has 2 fully saturated rings. The lowest BCUT2D eigenvalue weighted by Crippen LogP contribution is -2.66. The van der Waals surface area contributed by atoms with Crippen LogP contribution in [0.5, 0.6) is 5.75 Å². The van der Waals surface area contributed by atoms with Crippen LogP contribution in [-0.2, 0) is 4.74 Å². The molecule has 1 aromatic carbocycles. The topological polar surface area (TPSA) is 95.2 Å². The van der Waals surface area contributed by atoms with E-state index in [1.165, 1.54) is 32.7 Å². The van der Waals surface area contributed by atoms with Crippen LogP contribution in [0.25, 0.3) is 17.0 Å². The SMILES string of the molecule is C=N/C(=C\C(=NC)OC)c1cc(O)c(-c2ccc(N(C)C3C[C@]4(C)CCC[C@](C)(C3)N4)nn2)c(F)c1F. The van der Waals surface area contributed by atoms with Crippen molar-refractivity contribution in [1.29, 1.82) is 0 Å². The van der Waals surface area contributed by atoms with E-state index in [0.29, 0.717) is 5.82 Å². The number of nitrogens with one attached hydrogen (secondary N) is 1. The summed E-state index contributed by atoms with van der Waals surface area (Å²) in [6, 6.07) is 4.60. The van der Waals surface area contributed by atoms with E-state index < -0.39 is 17.4 Å². The largest absolute Gasteiger partial charge is 0.507 e. The van der Waals surface area contributed by atoms with E-state index in [9.17, 15) is 5.11 Å². The average molecular weight is 513 g/mol. The number of anilines is 1. The maximum atomic E-state index is 15.2. The van der Waals surface area contributed by atoms with Crippen molar-refractivity contribution in [3.05, 3.63) is 41.5 Å². The van der Waals surface area contributed by atoms with E-state index in [2.05, 4.69) is 51.0 Å². The first-order valence-electron chi connectivity index (χ1n) is 12.3. The van der Waals surface area contributed by atoms with Gasteiger partial charge in [-0.05, 0) is 70.9 Å². The molecule has 0 radical (unpaired) electrons. The Hall–Kier alpha value is -3.40. The molecule has 3 heterocycles. The minimum absolute atomic E-state index is 0.0171. The third-order valence-corrected chi connectivity index (χ3v) is 7.57. The highest BCUT2D eigenvalue weighted by Gasteiger charge is 2.46. The van der Waals surface area contributed by atoms with Gasteiger partial charge in [0.1, 0.15) is 5.75 Å². The Kier molecular flexibility index (Phi) is 7.32. The number of benzene rings is 1. The van der Waals surface area contributed by atoms with Gasteiger partial charge in [0.25, 0.3) is 0 Å². The zero-order chi connectivity index (χ0) is 27.0. The molecule has 2 aliphatic heterocycles. The summed E-state index contributed by atoms with van der Waals surface area (Å²) in [5, 5.41) is 22.9. The van der Waals surface area contributed by atoms with Crippen molar-refractivity contribution in [3.8, 4) is 17.0 Å². The van der Waals surface area contributed by atoms with E-state index in [0.717, 1.165) is 31.7 Å². The first kappa shape index (κ1) is 26.7. The molecule has 1 aromatic heterocycles. The van der Waals surface area contributed by atoms with Gasteiger partial charge in [0.15, 0.2) is 17.5 Å². The second kappa shape index (κ2) is 10.2. The summed E-state index contributed by atoms with van der Waals surface area (Å²) in [6.07, 6.45) is 6.73. The first-order valence-corrected chi connectivity index (χ1v) is 12.3. The number of fused-ring (bicyclic) bond motifs is 2. The fourth-order valence-corrected chi connectivity index (χ4v) is 5.83. The van der Waals surface area contributed by atoms with Crippen LogP contribution in [0.15, 0.2) is 34.3 Å². The summed E-state index contributed by atoms with van der Waals surface area (Å²) in [7, 11) is 4.84. The Bertz CT molecular complexity index is 1230. The summed E-state index contributed by atoms with van der Waals surface area (Å²) >= 11 is 0. The molecule has 3 atom stereocenters. The molecule has 0 saturated carbocycles. The molecule has 8 nitrogen and oxygen atoms in total. The number of phenolic OH excluding ortho intramolecular Hbond substituents is 1. The van der Waals surface area contributed by atoms with Gasteiger partial charge in [-0.1, -0.05) is 0 Å². The highest BCUT2D eigenvalue weighted by atomic mass is 19.2. The van der Waals surface area contributed by atoms with Crippen molar-refractivity contribution >= 4 is 24.1 Å². The minimum Gasteiger partial charge on any atom is -0.507 e. The predicted molar refractivity (Wildman–Crippen MR) is 142 cm³/mol. The Labute approximate surface area is 216 Å². The molecule has 0 aliphatic carbocycles. The van der Waals surface area contributed by atoms with Gasteiger partial charge in [-0.25, -0.2) is 8.78 Å². The molecular formula is C27H34F2N6O2. The van der Waals surface area contributed by atoms with Gasteiger partial charge in [-0.2, -0.15) is 0 Å². The normalized spacial score (nSPS) is 26.1. The number of aliphatic imine (C=N–C) groups is 2.